The number of carbonyl (C=O) groups is 1. The van der Waals surface area contributed by atoms with Crippen LogP contribution in [0.1, 0.15) is 35.4 Å². The topological polar surface area (TPSA) is 59.2 Å². The molecule has 0 aliphatic heterocycles. The summed E-state index contributed by atoms with van der Waals surface area (Å²) in [4.78, 5) is 14.8. The first-order valence-corrected chi connectivity index (χ1v) is 9.82. The first kappa shape index (κ1) is 18.7. The van der Waals surface area contributed by atoms with Crippen LogP contribution in [-0.4, -0.2) is 27.0 Å². The van der Waals surface area contributed by atoms with Gasteiger partial charge in [0.05, 0.1) is 23.6 Å². The van der Waals surface area contributed by atoms with Gasteiger partial charge in [0.2, 0.25) is 17.7 Å². The van der Waals surface area contributed by atoms with Gasteiger partial charge in [0.15, 0.2) is 0 Å². The van der Waals surface area contributed by atoms with Crippen molar-refractivity contribution in [3.8, 4) is 11.5 Å². The number of amides is 1. The molecule has 4 rings (SSSR count). The maximum Gasteiger partial charge on any atom is 0.249 e. The molecule has 1 aliphatic carbocycles. The number of benzene rings is 2. The van der Waals surface area contributed by atoms with Crippen LogP contribution < -0.4 is 0 Å². The molecule has 1 heterocycles. The number of hydrogen-bond acceptors (Lipinski definition) is 4. The van der Waals surface area contributed by atoms with E-state index in [4.69, 9.17) is 16.0 Å². The molecule has 1 saturated carbocycles. The van der Waals surface area contributed by atoms with Crippen LogP contribution in [0.25, 0.3) is 11.5 Å². The van der Waals surface area contributed by atoms with Gasteiger partial charge in [-0.05, 0) is 55.5 Å². The number of carbonyl (C=O) groups excluding carboxylic acids is 1. The maximum atomic E-state index is 12.9. The Labute approximate surface area is 169 Å². The Morgan fingerprint density at radius 2 is 1.93 bits per heavy atom. The Hall–Kier alpha value is -2.66. The average molecular weight is 396 g/mol. The summed E-state index contributed by atoms with van der Waals surface area (Å²) in [6.45, 7) is 4.46. The van der Waals surface area contributed by atoms with Gasteiger partial charge in [0.25, 0.3) is 0 Å². The Bertz CT molecular complexity index is 1010. The molecule has 0 unspecified atom stereocenters. The largest absolute Gasteiger partial charge is 0.419 e. The summed E-state index contributed by atoms with van der Waals surface area (Å²) in [5.74, 6) is 0.886. The molecule has 0 atom stereocenters. The molecule has 3 aromatic rings. The van der Waals surface area contributed by atoms with Crippen molar-refractivity contribution in [3.63, 3.8) is 0 Å². The van der Waals surface area contributed by atoms with Gasteiger partial charge < -0.3 is 9.32 Å². The smallest absolute Gasteiger partial charge is 0.249 e. The highest BCUT2D eigenvalue weighted by molar-refractivity contribution is 6.33. The Balaban J connectivity index is 1.49. The molecule has 1 amide bonds. The first-order chi connectivity index (χ1) is 13.5. The zero-order valence-electron chi connectivity index (χ0n) is 16.0. The van der Waals surface area contributed by atoms with Crippen LogP contribution in [0, 0.1) is 13.8 Å². The van der Waals surface area contributed by atoms with E-state index < -0.39 is 0 Å². The lowest BCUT2D eigenvalue weighted by atomic mass is 10.0. The number of aryl methyl sites for hydroxylation is 2. The summed E-state index contributed by atoms with van der Waals surface area (Å²) < 4.78 is 5.79. The van der Waals surface area contributed by atoms with Gasteiger partial charge in [-0.1, -0.05) is 41.9 Å². The quantitative estimate of drug-likeness (QED) is 0.604. The molecule has 0 N–H and O–H groups in total. The third-order valence-corrected chi connectivity index (χ3v) is 5.44. The molecule has 0 saturated heterocycles. The molecule has 1 fully saturated rings. The van der Waals surface area contributed by atoms with Crippen LogP contribution in [0.3, 0.4) is 0 Å². The SMILES string of the molecule is Cc1ccc(CC(=O)N(Cc2nnc(-c3ccccc3Cl)o2)C2CC2)cc1C. The fourth-order valence-electron chi connectivity index (χ4n) is 3.20. The number of hydrogen-bond donors (Lipinski definition) is 0. The van der Waals surface area contributed by atoms with Crippen LogP contribution in [0.4, 0.5) is 0 Å². The van der Waals surface area contributed by atoms with Crippen molar-refractivity contribution in [2.75, 3.05) is 0 Å². The highest BCUT2D eigenvalue weighted by Crippen LogP contribution is 2.30. The molecule has 0 spiro atoms. The van der Waals surface area contributed by atoms with Gasteiger partial charge >= 0.3 is 0 Å². The van der Waals surface area contributed by atoms with Crippen molar-refractivity contribution in [3.05, 3.63) is 70.1 Å². The monoisotopic (exact) mass is 395 g/mol. The van der Waals surface area contributed by atoms with Crippen molar-refractivity contribution in [1.29, 1.82) is 0 Å². The van der Waals surface area contributed by atoms with Crippen LogP contribution in [0.2, 0.25) is 5.02 Å². The Kier molecular flexibility index (Phi) is 5.18. The van der Waals surface area contributed by atoms with Crippen LogP contribution in [0.5, 0.6) is 0 Å². The standard InChI is InChI=1S/C22H22ClN3O2/c1-14-7-8-16(11-15(14)2)12-21(27)26(17-9-10-17)13-20-24-25-22(28-20)18-5-3-4-6-19(18)23/h3-8,11,17H,9-10,12-13H2,1-2H3. The van der Waals surface area contributed by atoms with Crippen molar-refractivity contribution in [2.24, 2.45) is 0 Å². The van der Waals surface area contributed by atoms with E-state index >= 15 is 0 Å². The lowest BCUT2D eigenvalue weighted by Crippen LogP contribution is -2.34. The molecule has 5 nitrogen and oxygen atoms in total. The molecule has 6 heteroatoms. The van der Waals surface area contributed by atoms with Crippen molar-refractivity contribution in [1.82, 2.24) is 15.1 Å². The molecular formula is C22H22ClN3O2. The molecule has 0 radical (unpaired) electrons. The van der Waals surface area contributed by atoms with Gasteiger partial charge in [0.1, 0.15) is 0 Å². The highest BCUT2D eigenvalue weighted by Gasteiger charge is 2.33. The van der Waals surface area contributed by atoms with E-state index in [9.17, 15) is 4.79 Å². The van der Waals surface area contributed by atoms with Gasteiger partial charge in [0, 0.05) is 6.04 Å². The normalized spacial score (nSPS) is 13.5. The van der Waals surface area contributed by atoms with Gasteiger partial charge in [-0.2, -0.15) is 0 Å². The molecule has 144 valence electrons. The summed E-state index contributed by atoms with van der Waals surface area (Å²) in [5, 5.41) is 8.79. The van der Waals surface area contributed by atoms with E-state index in [1.54, 1.807) is 6.07 Å². The van der Waals surface area contributed by atoms with Gasteiger partial charge in [-0.15, -0.1) is 10.2 Å². The minimum atomic E-state index is 0.0863. The minimum Gasteiger partial charge on any atom is -0.419 e. The molecule has 2 aromatic carbocycles. The van der Waals surface area contributed by atoms with E-state index in [-0.39, 0.29) is 11.9 Å². The first-order valence-electron chi connectivity index (χ1n) is 9.44. The molecule has 1 aliphatic rings. The zero-order valence-corrected chi connectivity index (χ0v) is 16.7. The summed E-state index contributed by atoms with van der Waals surface area (Å²) >= 11 is 6.21. The fourth-order valence-corrected chi connectivity index (χ4v) is 3.42. The minimum absolute atomic E-state index is 0.0863. The van der Waals surface area contributed by atoms with E-state index in [1.165, 1.54) is 11.1 Å². The molecule has 28 heavy (non-hydrogen) atoms. The third kappa shape index (κ3) is 4.09. The van der Waals surface area contributed by atoms with Crippen LogP contribution >= 0.6 is 11.6 Å². The predicted octanol–water partition coefficient (Wildman–Crippen LogP) is 4.74. The summed E-state index contributed by atoms with van der Waals surface area (Å²) in [6.07, 6.45) is 2.41. The van der Waals surface area contributed by atoms with Crippen molar-refractivity contribution in [2.45, 2.75) is 45.7 Å². The van der Waals surface area contributed by atoms with Gasteiger partial charge in [-0.25, -0.2) is 0 Å². The van der Waals surface area contributed by atoms with Crippen molar-refractivity contribution >= 4 is 17.5 Å². The van der Waals surface area contributed by atoms with E-state index in [0.717, 1.165) is 18.4 Å². The highest BCUT2D eigenvalue weighted by atomic mass is 35.5. The number of halogens is 1. The van der Waals surface area contributed by atoms with Crippen molar-refractivity contribution < 1.29 is 9.21 Å². The summed E-state index contributed by atoms with van der Waals surface area (Å²) in [6, 6.07) is 13.8. The lowest BCUT2D eigenvalue weighted by Gasteiger charge is -2.20. The third-order valence-electron chi connectivity index (χ3n) is 5.11. The fraction of sp³-hybridized carbons (Fsp3) is 0.318. The summed E-state index contributed by atoms with van der Waals surface area (Å²) in [5.41, 5.74) is 4.15. The number of aromatic nitrogens is 2. The lowest BCUT2D eigenvalue weighted by molar-refractivity contribution is -0.132. The van der Waals surface area contributed by atoms with E-state index in [0.29, 0.717) is 35.3 Å². The van der Waals surface area contributed by atoms with E-state index in [1.807, 2.05) is 29.2 Å². The number of rotatable bonds is 6. The molecular weight excluding hydrogens is 374 g/mol. The maximum absolute atomic E-state index is 12.9. The second kappa shape index (κ2) is 7.76. The van der Waals surface area contributed by atoms with Gasteiger partial charge in [-0.3, -0.25) is 4.79 Å². The zero-order chi connectivity index (χ0) is 19.7. The second-order valence-corrected chi connectivity index (χ2v) is 7.74. The predicted molar refractivity (Wildman–Crippen MR) is 108 cm³/mol. The van der Waals surface area contributed by atoms with E-state index in [2.05, 4.69) is 36.2 Å². The summed E-state index contributed by atoms with van der Waals surface area (Å²) in [7, 11) is 0. The number of nitrogens with zero attached hydrogens (tertiary/aromatic N) is 3. The van der Waals surface area contributed by atoms with Crippen LogP contribution in [0.15, 0.2) is 46.9 Å². The Morgan fingerprint density at radius 1 is 1.14 bits per heavy atom. The Morgan fingerprint density at radius 3 is 2.64 bits per heavy atom. The second-order valence-electron chi connectivity index (χ2n) is 7.33. The van der Waals surface area contributed by atoms with Crippen LogP contribution in [-0.2, 0) is 17.8 Å². The molecule has 1 aromatic heterocycles. The molecule has 0 bridgehead atoms. The average Bonchev–Trinajstić information content (AvgIpc) is 3.41.